The molecule has 3 heteroatoms. The second kappa shape index (κ2) is 4.68. The molecule has 2 unspecified atom stereocenters. The molecule has 0 saturated carbocycles. The second-order valence-corrected chi connectivity index (χ2v) is 6.17. The summed E-state index contributed by atoms with van der Waals surface area (Å²) in [5.74, 6) is 1.30. The second-order valence-electron chi connectivity index (χ2n) is 4.63. The van der Waals surface area contributed by atoms with Crippen LogP contribution in [-0.4, -0.2) is 17.0 Å². The molecular formula is C13H19NOS. The smallest absolute Gasteiger partial charge is 0.0533 e. The summed E-state index contributed by atoms with van der Waals surface area (Å²) in [6.45, 7) is 4.38. The summed E-state index contributed by atoms with van der Waals surface area (Å²) in [6, 6.07) is 6.74. The molecule has 0 fully saturated rings. The van der Waals surface area contributed by atoms with Crippen molar-refractivity contribution in [3.8, 4) is 0 Å². The third-order valence-electron chi connectivity index (χ3n) is 3.26. The number of rotatable bonds is 2. The maximum Gasteiger partial charge on any atom is 0.0533 e. The van der Waals surface area contributed by atoms with Crippen molar-refractivity contribution < 1.29 is 4.21 Å². The fourth-order valence-corrected chi connectivity index (χ4v) is 3.55. The Hall–Kier alpha value is -0.670. The van der Waals surface area contributed by atoms with E-state index in [1.165, 1.54) is 11.1 Å². The van der Waals surface area contributed by atoms with Crippen LogP contribution in [0.25, 0.3) is 0 Å². The number of nitrogens with one attached hydrogen (secondary N) is 1. The molecule has 1 N–H and O–H groups in total. The van der Waals surface area contributed by atoms with Crippen molar-refractivity contribution in [2.24, 2.45) is 0 Å². The third-order valence-corrected chi connectivity index (χ3v) is 4.73. The van der Waals surface area contributed by atoms with E-state index >= 15 is 0 Å². The van der Waals surface area contributed by atoms with Crippen LogP contribution in [0.4, 0.5) is 0 Å². The molecule has 0 amide bonds. The number of fused-ring (bicyclic) bond motifs is 1. The van der Waals surface area contributed by atoms with E-state index in [-0.39, 0.29) is 0 Å². The van der Waals surface area contributed by atoms with E-state index in [0.29, 0.717) is 12.0 Å². The zero-order valence-corrected chi connectivity index (χ0v) is 10.9. The summed E-state index contributed by atoms with van der Waals surface area (Å²) in [7, 11) is 1.18. The summed E-state index contributed by atoms with van der Waals surface area (Å²) in [6.07, 6.45) is 0.970. The van der Waals surface area contributed by atoms with Gasteiger partial charge in [0.1, 0.15) is 0 Å². The molecule has 0 aliphatic carbocycles. The standard InChI is InChI=1S/C13H19NOS/c1-9(2)10-4-5-13-11(8-10)12(14-3)6-7-16(13)15/h4-5,8-9,12,14H,6-7H2,1-3H3. The van der Waals surface area contributed by atoms with Crippen molar-refractivity contribution >= 4 is 10.8 Å². The van der Waals surface area contributed by atoms with Gasteiger partial charge in [-0.25, -0.2) is 0 Å². The van der Waals surface area contributed by atoms with Gasteiger partial charge in [0, 0.05) is 16.7 Å². The first-order chi connectivity index (χ1) is 7.63. The van der Waals surface area contributed by atoms with Crippen molar-refractivity contribution in [1.29, 1.82) is 0 Å². The molecule has 0 bridgehead atoms. The highest BCUT2D eigenvalue weighted by molar-refractivity contribution is 7.85. The van der Waals surface area contributed by atoms with Crippen LogP contribution in [-0.2, 0) is 10.8 Å². The average Bonchev–Trinajstić information content (AvgIpc) is 2.29. The Morgan fingerprint density at radius 3 is 2.81 bits per heavy atom. The Bertz CT molecular complexity index is 414. The highest BCUT2D eigenvalue weighted by atomic mass is 32.2. The zero-order valence-electron chi connectivity index (χ0n) is 10.1. The normalized spacial score (nSPS) is 24.5. The van der Waals surface area contributed by atoms with Crippen LogP contribution in [0.1, 0.15) is 43.4 Å². The SMILES string of the molecule is CNC1CCS(=O)c2ccc(C(C)C)cc21. The van der Waals surface area contributed by atoms with E-state index in [2.05, 4.69) is 31.3 Å². The largest absolute Gasteiger partial charge is 0.313 e. The summed E-state index contributed by atoms with van der Waals surface area (Å²) in [4.78, 5) is 1.02. The van der Waals surface area contributed by atoms with Gasteiger partial charge in [-0.3, -0.25) is 4.21 Å². The first kappa shape index (κ1) is 11.8. The van der Waals surface area contributed by atoms with Crippen LogP contribution >= 0.6 is 0 Å². The third kappa shape index (κ3) is 2.06. The molecule has 1 aromatic carbocycles. The number of benzene rings is 1. The molecule has 0 spiro atoms. The van der Waals surface area contributed by atoms with Crippen LogP contribution in [0.3, 0.4) is 0 Å². The lowest BCUT2D eigenvalue weighted by atomic mass is 9.96. The van der Waals surface area contributed by atoms with Gasteiger partial charge in [-0.1, -0.05) is 26.0 Å². The summed E-state index contributed by atoms with van der Waals surface area (Å²) >= 11 is 0. The molecule has 88 valence electrons. The Morgan fingerprint density at radius 2 is 2.19 bits per heavy atom. The minimum atomic E-state index is -0.799. The maximum atomic E-state index is 11.9. The fraction of sp³-hybridized carbons (Fsp3) is 0.538. The van der Waals surface area contributed by atoms with Gasteiger partial charge in [-0.15, -0.1) is 0 Å². The predicted molar refractivity (Wildman–Crippen MR) is 68.2 cm³/mol. The van der Waals surface area contributed by atoms with E-state index in [1.807, 2.05) is 13.1 Å². The average molecular weight is 237 g/mol. The van der Waals surface area contributed by atoms with Crippen molar-refractivity contribution in [3.05, 3.63) is 29.3 Å². The van der Waals surface area contributed by atoms with E-state index in [1.54, 1.807) is 0 Å². The minimum absolute atomic E-state index is 0.367. The fourth-order valence-electron chi connectivity index (χ4n) is 2.20. The summed E-state index contributed by atoms with van der Waals surface area (Å²) < 4.78 is 11.9. The maximum absolute atomic E-state index is 11.9. The van der Waals surface area contributed by atoms with Crippen LogP contribution in [0.15, 0.2) is 23.1 Å². The molecule has 16 heavy (non-hydrogen) atoms. The Labute approximate surface area is 99.9 Å². The van der Waals surface area contributed by atoms with Gasteiger partial charge >= 0.3 is 0 Å². The van der Waals surface area contributed by atoms with Gasteiger partial charge in [0.25, 0.3) is 0 Å². The van der Waals surface area contributed by atoms with Crippen LogP contribution < -0.4 is 5.32 Å². The highest BCUT2D eigenvalue weighted by Crippen LogP contribution is 2.32. The Kier molecular flexibility index (Phi) is 3.45. The van der Waals surface area contributed by atoms with Crippen molar-refractivity contribution in [3.63, 3.8) is 0 Å². The lowest BCUT2D eigenvalue weighted by Gasteiger charge is -2.25. The zero-order chi connectivity index (χ0) is 11.7. The highest BCUT2D eigenvalue weighted by Gasteiger charge is 2.24. The molecule has 2 atom stereocenters. The quantitative estimate of drug-likeness (QED) is 0.856. The van der Waals surface area contributed by atoms with Crippen LogP contribution in [0.5, 0.6) is 0 Å². The van der Waals surface area contributed by atoms with Crippen LogP contribution in [0, 0.1) is 0 Å². The molecule has 1 aliphatic heterocycles. The first-order valence-corrected chi connectivity index (χ1v) is 7.15. The van der Waals surface area contributed by atoms with E-state index < -0.39 is 10.8 Å². The minimum Gasteiger partial charge on any atom is -0.313 e. The van der Waals surface area contributed by atoms with Gasteiger partial charge in [0.2, 0.25) is 0 Å². The molecule has 0 aromatic heterocycles. The van der Waals surface area contributed by atoms with Crippen molar-refractivity contribution in [2.45, 2.75) is 37.1 Å². The number of hydrogen-bond acceptors (Lipinski definition) is 2. The van der Waals surface area contributed by atoms with E-state index in [0.717, 1.165) is 17.1 Å². The van der Waals surface area contributed by atoms with Gasteiger partial charge < -0.3 is 5.32 Å². The van der Waals surface area contributed by atoms with E-state index in [9.17, 15) is 4.21 Å². The van der Waals surface area contributed by atoms with Gasteiger partial charge in [-0.2, -0.15) is 0 Å². The van der Waals surface area contributed by atoms with Gasteiger partial charge in [0.15, 0.2) is 0 Å². The molecule has 1 heterocycles. The first-order valence-electron chi connectivity index (χ1n) is 5.83. The summed E-state index contributed by atoms with van der Waals surface area (Å²) in [5, 5.41) is 3.31. The lowest BCUT2D eigenvalue weighted by molar-refractivity contribution is 0.553. The Balaban J connectivity index is 2.48. The molecule has 2 rings (SSSR count). The van der Waals surface area contributed by atoms with E-state index in [4.69, 9.17) is 0 Å². The molecule has 0 saturated heterocycles. The molecule has 2 nitrogen and oxygen atoms in total. The summed E-state index contributed by atoms with van der Waals surface area (Å²) in [5.41, 5.74) is 2.57. The van der Waals surface area contributed by atoms with Gasteiger partial charge in [-0.05, 0) is 36.6 Å². The lowest BCUT2D eigenvalue weighted by Crippen LogP contribution is -2.25. The predicted octanol–water partition coefficient (Wildman–Crippen LogP) is 2.58. The van der Waals surface area contributed by atoms with Crippen molar-refractivity contribution in [2.75, 3.05) is 12.8 Å². The van der Waals surface area contributed by atoms with Crippen LogP contribution in [0.2, 0.25) is 0 Å². The molecule has 0 radical (unpaired) electrons. The molecular weight excluding hydrogens is 218 g/mol. The number of hydrogen-bond donors (Lipinski definition) is 1. The molecule has 1 aliphatic rings. The van der Waals surface area contributed by atoms with Crippen molar-refractivity contribution in [1.82, 2.24) is 5.32 Å². The topological polar surface area (TPSA) is 29.1 Å². The van der Waals surface area contributed by atoms with Gasteiger partial charge in [0.05, 0.1) is 10.8 Å². The monoisotopic (exact) mass is 237 g/mol. The Morgan fingerprint density at radius 1 is 1.44 bits per heavy atom. The molecule has 1 aromatic rings.